The van der Waals surface area contributed by atoms with Crippen molar-refractivity contribution in [3.63, 3.8) is 0 Å². The van der Waals surface area contributed by atoms with E-state index in [4.69, 9.17) is 14.0 Å². The maximum absolute atomic E-state index is 12.2. The Bertz CT molecular complexity index is 800. The van der Waals surface area contributed by atoms with Crippen LogP contribution in [0.15, 0.2) is 22.7 Å². The SMILES string of the molecule is CCc1nc(-c2ccc3c(c2)OC[C@H]3NC(=O)NC2CC(OC)C2)no1. The molecule has 0 bridgehead atoms. The van der Waals surface area contributed by atoms with Crippen LogP contribution in [0.25, 0.3) is 11.4 Å². The van der Waals surface area contributed by atoms with Crippen molar-refractivity contribution >= 4 is 6.03 Å². The number of methoxy groups -OCH3 is 1. The molecule has 2 amide bonds. The number of fused-ring (bicyclic) bond motifs is 1. The maximum Gasteiger partial charge on any atom is 0.315 e. The van der Waals surface area contributed by atoms with Gasteiger partial charge in [-0.15, -0.1) is 0 Å². The summed E-state index contributed by atoms with van der Waals surface area (Å²) in [6.07, 6.45) is 2.67. The highest BCUT2D eigenvalue weighted by Gasteiger charge is 2.32. The van der Waals surface area contributed by atoms with E-state index < -0.39 is 0 Å². The molecule has 2 heterocycles. The molecule has 0 spiro atoms. The number of rotatable bonds is 5. The number of ether oxygens (including phenoxy) is 2. The normalized spacial score (nSPS) is 23.7. The number of aromatic nitrogens is 2. The van der Waals surface area contributed by atoms with E-state index in [-0.39, 0.29) is 24.2 Å². The van der Waals surface area contributed by atoms with E-state index in [1.807, 2.05) is 25.1 Å². The molecule has 1 aromatic heterocycles. The minimum Gasteiger partial charge on any atom is -0.491 e. The highest BCUT2D eigenvalue weighted by molar-refractivity contribution is 5.75. The second-order valence-corrected chi connectivity index (χ2v) is 6.63. The average molecular weight is 358 g/mol. The Hall–Kier alpha value is -2.61. The number of nitrogens with one attached hydrogen (secondary N) is 2. The van der Waals surface area contributed by atoms with Crippen molar-refractivity contribution in [2.45, 2.75) is 44.4 Å². The maximum atomic E-state index is 12.2. The second kappa shape index (κ2) is 6.95. The largest absolute Gasteiger partial charge is 0.491 e. The molecule has 4 rings (SSSR count). The van der Waals surface area contributed by atoms with Gasteiger partial charge in [0, 0.05) is 30.7 Å². The van der Waals surface area contributed by atoms with Crippen molar-refractivity contribution in [2.75, 3.05) is 13.7 Å². The Labute approximate surface area is 151 Å². The topological polar surface area (TPSA) is 98.5 Å². The molecule has 1 aromatic carbocycles. The van der Waals surface area contributed by atoms with Gasteiger partial charge < -0.3 is 24.6 Å². The van der Waals surface area contributed by atoms with Crippen molar-refractivity contribution in [1.29, 1.82) is 0 Å². The molecule has 26 heavy (non-hydrogen) atoms. The number of hydrogen-bond acceptors (Lipinski definition) is 6. The second-order valence-electron chi connectivity index (χ2n) is 6.63. The van der Waals surface area contributed by atoms with Crippen LogP contribution in [0.2, 0.25) is 0 Å². The predicted molar refractivity (Wildman–Crippen MR) is 92.8 cm³/mol. The highest BCUT2D eigenvalue weighted by Crippen LogP contribution is 2.35. The molecule has 1 saturated carbocycles. The van der Waals surface area contributed by atoms with E-state index in [2.05, 4.69) is 20.8 Å². The predicted octanol–water partition coefficient (Wildman–Crippen LogP) is 2.21. The fourth-order valence-corrected chi connectivity index (χ4v) is 3.25. The zero-order valence-electron chi connectivity index (χ0n) is 14.8. The molecule has 2 aromatic rings. The number of amides is 2. The van der Waals surface area contributed by atoms with E-state index in [0.29, 0.717) is 24.7 Å². The van der Waals surface area contributed by atoms with Crippen LogP contribution < -0.4 is 15.4 Å². The third-order valence-corrected chi connectivity index (χ3v) is 4.89. The van der Waals surface area contributed by atoms with Gasteiger partial charge in [-0.05, 0) is 18.9 Å². The molecule has 1 fully saturated rings. The molecule has 2 aliphatic rings. The van der Waals surface area contributed by atoms with Gasteiger partial charge in [-0.3, -0.25) is 0 Å². The van der Waals surface area contributed by atoms with Gasteiger partial charge in [-0.2, -0.15) is 4.98 Å². The van der Waals surface area contributed by atoms with Gasteiger partial charge in [-0.1, -0.05) is 24.2 Å². The quantitative estimate of drug-likeness (QED) is 0.850. The smallest absolute Gasteiger partial charge is 0.315 e. The Balaban J connectivity index is 1.39. The van der Waals surface area contributed by atoms with Crippen molar-refractivity contribution in [1.82, 2.24) is 20.8 Å². The zero-order chi connectivity index (χ0) is 18.1. The standard InChI is InChI=1S/C18H22N4O4/c1-3-16-21-17(22-26-16)10-4-5-13-14(9-25-15(13)6-10)20-18(23)19-11-7-12(8-11)24-2/h4-6,11-12,14H,3,7-9H2,1-2H3,(H2,19,20,23)/t11?,12?,14-/m1/s1. The van der Waals surface area contributed by atoms with Crippen LogP contribution in [0.3, 0.4) is 0 Å². The van der Waals surface area contributed by atoms with Crippen LogP contribution in [0.5, 0.6) is 5.75 Å². The van der Waals surface area contributed by atoms with Crippen molar-refractivity contribution in [2.24, 2.45) is 0 Å². The number of urea groups is 1. The first kappa shape index (κ1) is 16.8. The number of hydrogen-bond donors (Lipinski definition) is 2. The molecular weight excluding hydrogens is 336 g/mol. The molecular formula is C18H22N4O4. The van der Waals surface area contributed by atoms with Crippen molar-refractivity contribution < 1.29 is 18.8 Å². The van der Waals surface area contributed by atoms with Gasteiger partial charge in [0.15, 0.2) is 0 Å². The molecule has 1 aliphatic carbocycles. The fourth-order valence-electron chi connectivity index (χ4n) is 3.25. The van der Waals surface area contributed by atoms with Crippen molar-refractivity contribution in [3.05, 3.63) is 29.7 Å². The molecule has 2 N–H and O–H groups in total. The van der Waals surface area contributed by atoms with E-state index in [1.165, 1.54) is 0 Å². The Morgan fingerprint density at radius 3 is 2.92 bits per heavy atom. The molecule has 0 unspecified atom stereocenters. The first-order valence-electron chi connectivity index (χ1n) is 8.85. The van der Waals surface area contributed by atoms with Crippen LogP contribution in [-0.4, -0.2) is 42.0 Å². The van der Waals surface area contributed by atoms with Gasteiger partial charge in [0.2, 0.25) is 11.7 Å². The van der Waals surface area contributed by atoms with Gasteiger partial charge in [0.05, 0.1) is 12.1 Å². The van der Waals surface area contributed by atoms with Gasteiger partial charge in [0.25, 0.3) is 0 Å². The van der Waals surface area contributed by atoms with E-state index in [0.717, 1.165) is 29.7 Å². The lowest BCUT2D eigenvalue weighted by Gasteiger charge is -2.34. The molecule has 8 heteroatoms. The first-order chi connectivity index (χ1) is 12.7. The number of carbonyl (C=O) groups excluding carboxylic acids is 1. The molecule has 1 atom stereocenters. The van der Waals surface area contributed by atoms with E-state index >= 15 is 0 Å². The van der Waals surface area contributed by atoms with Crippen LogP contribution in [0.1, 0.15) is 37.3 Å². The zero-order valence-corrected chi connectivity index (χ0v) is 14.8. The Morgan fingerprint density at radius 2 is 2.19 bits per heavy atom. The summed E-state index contributed by atoms with van der Waals surface area (Å²) < 4.78 is 16.1. The van der Waals surface area contributed by atoms with Gasteiger partial charge in [-0.25, -0.2) is 4.79 Å². The summed E-state index contributed by atoms with van der Waals surface area (Å²) in [5.41, 5.74) is 1.78. The van der Waals surface area contributed by atoms with Crippen LogP contribution in [-0.2, 0) is 11.2 Å². The first-order valence-corrected chi connectivity index (χ1v) is 8.85. The monoisotopic (exact) mass is 358 g/mol. The van der Waals surface area contributed by atoms with E-state index in [1.54, 1.807) is 7.11 Å². The minimum absolute atomic E-state index is 0.172. The lowest BCUT2D eigenvalue weighted by Crippen LogP contribution is -2.51. The summed E-state index contributed by atoms with van der Waals surface area (Å²) in [7, 11) is 1.69. The summed E-state index contributed by atoms with van der Waals surface area (Å²) >= 11 is 0. The average Bonchev–Trinajstić information content (AvgIpc) is 3.24. The summed E-state index contributed by atoms with van der Waals surface area (Å²) in [5, 5.41) is 9.92. The van der Waals surface area contributed by atoms with E-state index in [9.17, 15) is 4.79 Å². The highest BCUT2D eigenvalue weighted by atomic mass is 16.5. The third-order valence-electron chi connectivity index (χ3n) is 4.89. The molecule has 8 nitrogen and oxygen atoms in total. The lowest BCUT2D eigenvalue weighted by atomic mass is 9.89. The number of carbonyl (C=O) groups is 1. The fraction of sp³-hybridized carbons (Fsp3) is 0.500. The number of nitrogens with zero attached hydrogens (tertiary/aromatic N) is 2. The van der Waals surface area contributed by atoms with Crippen LogP contribution in [0, 0.1) is 0 Å². The summed E-state index contributed by atoms with van der Waals surface area (Å²) in [6.45, 7) is 2.37. The summed E-state index contributed by atoms with van der Waals surface area (Å²) in [5.74, 6) is 1.88. The molecule has 0 radical (unpaired) electrons. The minimum atomic E-state index is -0.180. The number of aryl methyl sites for hydroxylation is 1. The lowest BCUT2D eigenvalue weighted by molar-refractivity contribution is 0.0204. The summed E-state index contributed by atoms with van der Waals surface area (Å²) in [4.78, 5) is 16.5. The summed E-state index contributed by atoms with van der Waals surface area (Å²) in [6, 6.07) is 5.56. The number of benzene rings is 1. The Morgan fingerprint density at radius 1 is 1.35 bits per heavy atom. The molecule has 1 aliphatic heterocycles. The van der Waals surface area contributed by atoms with Crippen LogP contribution in [0.4, 0.5) is 4.79 Å². The third kappa shape index (κ3) is 3.24. The molecule has 0 saturated heterocycles. The van der Waals surface area contributed by atoms with Crippen molar-refractivity contribution in [3.8, 4) is 17.1 Å². The molecule has 138 valence electrons. The van der Waals surface area contributed by atoms with Gasteiger partial charge >= 0.3 is 6.03 Å². The van der Waals surface area contributed by atoms with Gasteiger partial charge in [0.1, 0.15) is 12.4 Å². The Kier molecular flexibility index (Phi) is 4.50. The van der Waals surface area contributed by atoms with Crippen LogP contribution >= 0.6 is 0 Å².